The Morgan fingerprint density at radius 3 is 2.86 bits per heavy atom. The van der Waals surface area contributed by atoms with Gasteiger partial charge in [0.25, 0.3) is 0 Å². The molecule has 0 bridgehead atoms. The number of aromatic nitrogens is 1. The molecule has 1 aromatic carbocycles. The Balaban J connectivity index is 1.78. The first-order valence-corrected chi connectivity index (χ1v) is 6.86. The van der Waals surface area contributed by atoms with Gasteiger partial charge in [-0.15, -0.1) is 0 Å². The minimum atomic E-state index is 0.212. The van der Waals surface area contributed by atoms with Crippen LogP contribution in [0.4, 0.5) is 0 Å². The molecule has 114 valence electrons. The van der Waals surface area contributed by atoms with Gasteiger partial charge in [0.2, 0.25) is 19.1 Å². The zero-order chi connectivity index (χ0) is 15.4. The Morgan fingerprint density at radius 2 is 2.05 bits per heavy atom. The third kappa shape index (κ3) is 2.81. The number of carbonyl (C=O) groups excluding carboxylic acids is 1. The van der Waals surface area contributed by atoms with Gasteiger partial charge >= 0.3 is 0 Å². The Hall–Kier alpha value is -2.76. The second-order valence-electron chi connectivity index (χ2n) is 4.83. The Labute approximate surface area is 128 Å². The van der Waals surface area contributed by atoms with Gasteiger partial charge in [-0.3, -0.25) is 4.79 Å². The van der Waals surface area contributed by atoms with Crippen LogP contribution in [-0.2, 0) is 17.9 Å². The fraction of sp³-hybridized carbons (Fsp3) is 0.250. The molecule has 22 heavy (non-hydrogen) atoms. The smallest absolute Gasteiger partial charge is 0.231 e. The Morgan fingerprint density at radius 1 is 1.23 bits per heavy atom. The molecule has 1 aromatic heterocycles. The molecule has 0 saturated heterocycles. The number of hydrogen-bond donors (Lipinski definition) is 0. The molecule has 0 fully saturated rings. The van der Waals surface area contributed by atoms with Crippen LogP contribution in [0.3, 0.4) is 0 Å². The zero-order valence-corrected chi connectivity index (χ0v) is 12.2. The highest BCUT2D eigenvalue weighted by Gasteiger charge is 2.19. The summed E-state index contributed by atoms with van der Waals surface area (Å²) in [5.74, 6) is 1.93. The maximum atomic E-state index is 11.4. The van der Waals surface area contributed by atoms with E-state index in [1.54, 1.807) is 18.2 Å². The number of carbonyl (C=O) groups is 1. The maximum Gasteiger partial charge on any atom is 0.231 e. The van der Waals surface area contributed by atoms with Crippen molar-refractivity contribution in [3.63, 3.8) is 0 Å². The largest absolute Gasteiger partial charge is 0.481 e. The summed E-state index contributed by atoms with van der Waals surface area (Å²) in [7, 11) is 1.56. The van der Waals surface area contributed by atoms with Gasteiger partial charge in [0, 0.05) is 23.9 Å². The number of fused-ring (bicyclic) bond motifs is 1. The second kappa shape index (κ2) is 6.34. The molecule has 0 radical (unpaired) electrons. The average molecular weight is 300 g/mol. The Kier molecular flexibility index (Phi) is 4.09. The third-order valence-electron chi connectivity index (χ3n) is 3.42. The summed E-state index contributed by atoms with van der Waals surface area (Å²) < 4.78 is 16.0. The topological polar surface area (TPSA) is 60.9 Å². The fourth-order valence-electron chi connectivity index (χ4n) is 2.41. The van der Waals surface area contributed by atoms with E-state index in [2.05, 4.69) is 4.98 Å². The van der Waals surface area contributed by atoms with E-state index in [1.165, 1.54) is 0 Å². The first-order chi connectivity index (χ1) is 10.8. The lowest BCUT2D eigenvalue weighted by Gasteiger charge is -2.19. The van der Waals surface area contributed by atoms with E-state index in [0.29, 0.717) is 30.5 Å². The van der Waals surface area contributed by atoms with Gasteiger partial charge in [-0.2, -0.15) is 0 Å². The lowest BCUT2D eigenvalue weighted by atomic mass is 10.1. The quantitative estimate of drug-likeness (QED) is 0.763. The molecule has 0 N–H and O–H groups in total. The van der Waals surface area contributed by atoms with Gasteiger partial charge in [0.1, 0.15) is 0 Å². The average Bonchev–Trinajstić information content (AvgIpc) is 3.04. The van der Waals surface area contributed by atoms with Crippen LogP contribution >= 0.6 is 0 Å². The summed E-state index contributed by atoms with van der Waals surface area (Å²) in [6, 6.07) is 9.36. The van der Waals surface area contributed by atoms with Gasteiger partial charge in [0.05, 0.1) is 13.7 Å². The van der Waals surface area contributed by atoms with E-state index < -0.39 is 0 Å². The number of ether oxygens (including phenoxy) is 3. The summed E-state index contributed by atoms with van der Waals surface area (Å²) in [6.45, 7) is 1.04. The fourth-order valence-corrected chi connectivity index (χ4v) is 2.41. The molecule has 1 amide bonds. The van der Waals surface area contributed by atoms with Crippen molar-refractivity contribution in [2.75, 3.05) is 13.9 Å². The molecule has 2 aromatic rings. The first kappa shape index (κ1) is 14.2. The monoisotopic (exact) mass is 300 g/mol. The first-order valence-electron chi connectivity index (χ1n) is 6.86. The number of rotatable bonds is 6. The number of amides is 1. The van der Waals surface area contributed by atoms with E-state index >= 15 is 0 Å². The molecule has 3 rings (SSSR count). The van der Waals surface area contributed by atoms with Crippen molar-refractivity contribution < 1.29 is 19.0 Å². The Bertz CT molecular complexity index is 675. The predicted molar refractivity (Wildman–Crippen MR) is 78.7 cm³/mol. The lowest BCUT2D eigenvalue weighted by Crippen LogP contribution is -2.21. The molecular formula is C16H16N2O4. The second-order valence-corrected chi connectivity index (χ2v) is 4.83. The van der Waals surface area contributed by atoms with Crippen LogP contribution in [0.25, 0.3) is 0 Å². The minimum Gasteiger partial charge on any atom is -0.481 e. The molecule has 6 heteroatoms. The van der Waals surface area contributed by atoms with Crippen LogP contribution < -0.4 is 14.2 Å². The van der Waals surface area contributed by atoms with Crippen molar-refractivity contribution in [1.82, 2.24) is 9.88 Å². The van der Waals surface area contributed by atoms with Crippen LogP contribution in [-0.4, -0.2) is 30.2 Å². The number of nitrogens with zero attached hydrogens (tertiary/aromatic N) is 2. The van der Waals surface area contributed by atoms with Gasteiger partial charge in [-0.05, 0) is 12.1 Å². The van der Waals surface area contributed by atoms with Crippen LogP contribution in [0, 0.1) is 0 Å². The number of pyridine rings is 1. The number of para-hydroxylation sites is 1. The van der Waals surface area contributed by atoms with Crippen LogP contribution in [0.1, 0.15) is 11.1 Å². The molecule has 0 atom stereocenters. The highest BCUT2D eigenvalue weighted by atomic mass is 16.7. The minimum absolute atomic E-state index is 0.212. The normalized spacial score (nSPS) is 12.0. The molecule has 1 aliphatic heterocycles. The van der Waals surface area contributed by atoms with Crippen LogP contribution in [0.15, 0.2) is 36.5 Å². The maximum absolute atomic E-state index is 11.4. The van der Waals surface area contributed by atoms with E-state index in [9.17, 15) is 4.79 Å². The van der Waals surface area contributed by atoms with E-state index in [-0.39, 0.29) is 6.79 Å². The van der Waals surface area contributed by atoms with Gasteiger partial charge in [-0.1, -0.05) is 18.2 Å². The molecule has 0 aliphatic carbocycles. The number of hydrogen-bond acceptors (Lipinski definition) is 5. The van der Waals surface area contributed by atoms with Crippen LogP contribution in [0.2, 0.25) is 0 Å². The SMILES string of the molecule is COc1ncccc1CN(C=O)Cc1cccc2c1OCO2. The highest BCUT2D eigenvalue weighted by Crippen LogP contribution is 2.36. The summed E-state index contributed by atoms with van der Waals surface area (Å²) in [5.41, 5.74) is 1.76. The molecule has 0 unspecified atom stereocenters. The molecule has 6 nitrogen and oxygen atoms in total. The van der Waals surface area contributed by atoms with E-state index in [0.717, 1.165) is 17.5 Å². The highest BCUT2D eigenvalue weighted by molar-refractivity contribution is 5.52. The van der Waals surface area contributed by atoms with E-state index in [4.69, 9.17) is 14.2 Å². The standard InChI is InChI=1S/C16H16N2O4/c1-20-16-13(5-3-7-17-16)9-18(10-19)8-12-4-2-6-14-15(12)22-11-21-14/h2-7,10H,8-9,11H2,1H3. The summed E-state index contributed by atoms with van der Waals surface area (Å²) in [5, 5.41) is 0. The van der Waals surface area contributed by atoms with Crippen LogP contribution in [0.5, 0.6) is 17.4 Å². The zero-order valence-electron chi connectivity index (χ0n) is 12.2. The third-order valence-corrected chi connectivity index (χ3v) is 3.42. The summed E-state index contributed by atoms with van der Waals surface area (Å²) in [4.78, 5) is 17.2. The molecule has 2 heterocycles. The van der Waals surface area contributed by atoms with Crippen molar-refractivity contribution in [3.8, 4) is 17.4 Å². The van der Waals surface area contributed by atoms with Gasteiger partial charge in [0.15, 0.2) is 11.5 Å². The predicted octanol–water partition coefficient (Wildman–Crippen LogP) is 1.98. The van der Waals surface area contributed by atoms with Crippen molar-refractivity contribution in [2.24, 2.45) is 0 Å². The lowest BCUT2D eigenvalue weighted by molar-refractivity contribution is -0.119. The van der Waals surface area contributed by atoms with Crippen molar-refractivity contribution in [3.05, 3.63) is 47.7 Å². The number of benzene rings is 1. The summed E-state index contributed by atoms with van der Waals surface area (Å²) >= 11 is 0. The molecular weight excluding hydrogens is 284 g/mol. The van der Waals surface area contributed by atoms with Crippen molar-refractivity contribution in [1.29, 1.82) is 0 Å². The molecule has 1 aliphatic rings. The summed E-state index contributed by atoms with van der Waals surface area (Å²) in [6.07, 6.45) is 2.46. The number of methoxy groups -OCH3 is 1. The van der Waals surface area contributed by atoms with Crippen molar-refractivity contribution in [2.45, 2.75) is 13.1 Å². The van der Waals surface area contributed by atoms with Gasteiger partial charge < -0.3 is 19.1 Å². The molecule has 0 saturated carbocycles. The molecule has 0 spiro atoms. The van der Waals surface area contributed by atoms with Crippen molar-refractivity contribution >= 4 is 6.41 Å². The van der Waals surface area contributed by atoms with Gasteiger partial charge in [-0.25, -0.2) is 4.98 Å². The van der Waals surface area contributed by atoms with E-state index in [1.807, 2.05) is 30.3 Å².